The molecule has 0 saturated heterocycles. The van der Waals surface area contributed by atoms with Gasteiger partial charge in [0.15, 0.2) is 5.78 Å². The molecular formula is C19H16N4O. The van der Waals surface area contributed by atoms with Crippen LogP contribution in [0, 0.1) is 0 Å². The Labute approximate surface area is 139 Å². The van der Waals surface area contributed by atoms with Gasteiger partial charge in [-0.3, -0.25) is 9.78 Å². The molecule has 0 amide bonds. The SMILES string of the molecule is Nc1ncc2c(n1)CC(c1ccccc1-c1ccccn1)CC2=O. The Morgan fingerprint density at radius 2 is 1.79 bits per heavy atom. The van der Waals surface area contributed by atoms with Crippen LogP contribution in [0.25, 0.3) is 11.3 Å². The molecule has 3 aromatic rings. The van der Waals surface area contributed by atoms with Crippen molar-refractivity contribution in [1.82, 2.24) is 15.0 Å². The van der Waals surface area contributed by atoms with Crippen LogP contribution in [0.5, 0.6) is 0 Å². The van der Waals surface area contributed by atoms with Crippen LogP contribution in [-0.4, -0.2) is 20.7 Å². The Balaban J connectivity index is 1.77. The van der Waals surface area contributed by atoms with Crippen molar-refractivity contribution in [3.8, 4) is 11.3 Å². The number of fused-ring (bicyclic) bond motifs is 1. The summed E-state index contributed by atoms with van der Waals surface area (Å²) in [6.45, 7) is 0. The molecule has 1 aliphatic carbocycles. The predicted octanol–water partition coefficient (Wildman–Crippen LogP) is 3.03. The highest BCUT2D eigenvalue weighted by Gasteiger charge is 2.29. The lowest BCUT2D eigenvalue weighted by molar-refractivity contribution is 0.0963. The molecule has 1 aromatic carbocycles. The number of ketones is 1. The highest BCUT2D eigenvalue weighted by Crippen LogP contribution is 2.36. The van der Waals surface area contributed by atoms with Crippen LogP contribution < -0.4 is 5.73 Å². The fraction of sp³-hybridized carbons (Fsp3) is 0.158. The number of carbonyl (C=O) groups excluding carboxylic acids is 1. The number of benzene rings is 1. The summed E-state index contributed by atoms with van der Waals surface area (Å²) >= 11 is 0. The number of anilines is 1. The first kappa shape index (κ1) is 14.5. The van der Waals surface area contributed by atoms with Gasteiger partial charge in [0.2, 0.25) is 5.95 Å². The fourth-order valence-electron chi connectivity index (χ4n) is 3.29. The van der Waals surface area contributed by atoms with Crippen LogP contribution in [0.2, 0.25) is 0 Å². The number of hydrogen-bond donors (Lipinski definition) is 1. The largest absolute Gasteiger partial charge is 0.368 e. The van der Waals surface area contributed by atoms with E-state index in [2.05, 4.69) is 21.0 Å². The molecule has 2 aromatic heterocycles. The van der Waals surface area contributed by atoms with Crippen molar-refractivity contribution in [3.63, 3.8) is 0 Å². The number of nitrogens with two attached hydrogens (primary N) is 1. The van der Waals surface area contributed by atoms with Gasteiger partial charge in [0.05, 0.1) is 17.0 Å². The van der Waals surface area contributed by atoms with Gasteiger partial charge >= 0.3 is 0 Å². The highest BCUT2D eigenvalue weighted by molar-refractivity contribution is 5.98. The Kier molecular flexibility index (Phi) is 3.54. The fourth-order valence-corrected chi connectivity index (χ4v) is 3.29. The first-order valence-electron chi connectivity index (χ1n) is 7.87. The molecule has 0 spiro atoms. The van der Waals surface area contributed by atoms with E-state index in [9.17, 15) is 4.79 Å². The van der Waals surface area contributed by atoms with Gasteiger partial charge in [-0.05, 0) is 30.0 Å². The number of pyridine rings is 1. The second-order valence-electron chi connectivity index (χ2n) is 5.92. The van der Waals surface area contributed by atoms with Crippen LogP contribution in [0.1, 0.15) is 34.0 Å². The maximum absolute atomic E-state index is 12.5. The van der Waals surface area contributed by atoms with Gasteiger partial charge in [0, 0.05) is 24.4 Å². The molecule has 1 aliphatic rings. The molecule has 1 unspecified atom stereocenters. The van der Waals surface area contributed by atoms with E-state index in [1.807, 2.05) is 36.4 Å². The van der Waals surface area contributed by atoms with Gasteiger partial charge in [-0.1, -0.05) is 30.3 Å². The third kappa shape index (κ3) is 2.54. The summed E-state index contributed by atoms with van der Waals surface area (Å²) in [6.07, 6.45) is 4.45. The number of carbonyl (C=O) groups is 1. The van der Waals surface area contributed by atoms with Gasteiger partial charge in [0.25, 0.3) is 0 Å². The van der Waals surface area contributed by atoms with Crippen LogP contribution in [-0.2, 0) is 6.42 Å². The smallest absolute Gasteiger partial charge is 0.220 e. The Morgan fingerprint density at radius 1 is 0.958 bits per heavy atom. The average Bonchev–Trinajstić information content (AvgIpc) is 2.62. The summed E-state index contributed by atoms with van der Waals surface area (Å²) in [7, 11) is 0. The first-order chi connectivity index (χ1) is 11.7. The van der Waals surface area contributed by atoms with Gasteiger partial charge in [0.1, 0.15) is 0 Å². The van der Waals surface area contributed by atoms with Crippen molar-refractivity contribution in [2.75, 3.05) is 5.73 Å². The second kappa shape index (κ2) is 5.85. The van der Waals surface area contributed by atoms with Crippen molar-refractivity contribution in [2.24, 2.45) is 0 Å². The third-order valence-electron chi connectivity index (χ3n) is 4.40. The van der Waals surface area contributed by atoms with Crippen LogP contribution in [0.3, 0.4) is 0 Å². The maximum atomic E-state index is 12.5. The molecule has 1 atom stereocenters. The van der Waals surface area contributed by atoms with E-state index in [-0.39, 0.29) is 17.6 Å². The number of nitrogens with zero attached hydrogens (tertiary/aromatic N) is 3. The van der Waals surface area contributed by atoms with Crippen LogP contribution in [0.15, 0.2) is 54.9 Å². The summed E-state index contributed by atoms with van der Waals surface area (Å²) in [6, 6.07) is 13.9. The van der Waals surface area contributed by atoms with E-state index < -0.39 is 0 Å². The minimum absolute atomic E-state index is 0.0667. The quantitative estimate of drug-likeness (QED) is 0.786. The van der Waals surface area contributed by atoms with E-state index in [1.165, 1.54) is 0 Å². The zero-order valence-electron chi connectivity index (χ0n) is 13.0. The maximum Gasteiger partial charge on any atom is 0.220 e. The van der Waals surface area contributed by atoms with Gasteiger partial charge in [-0.2, -0.15) is 0 Å². The minimum Gasteiger partial charge on any atom is -0.368 e. The van der Waals surface area contributed by atoms with E-state index in [0.29, 0.717) is 18.4 Å². The molecular weight excluding hydrogens is 300 g/mol. The Hall–Kier alpha value is -3.08. The lowest BCUT2D eigenvalue weighted by atomic mass is 9.80. The molecule has 0 fully saturated rings. The molecule has 118 valence electrons. The number of rotatable bonds is 2. The van der Waals surface area contributed by atoms with Crippen molar-refractivity contribution in [2.45, 2.75) is 18.8 Å². The molecule has 0 bridgehead atoms. The summed E-state index contributed by atoms with van der Waals surface area (Å²) in [5.74, 6) is 0.342. The monoisotopic (exact) mass is 316 g/mol. The Morgan fingerprint density at radius 3 is 2.62 bits per heavy atom. The van der Waals surface area contributed by atoms with Crippen molar-refractivity contribution in [1.29, 1.82) is 0 Å². The zero-order valence-corrected chi connectivity index (χ0v) is 13.0. The molecule has 5 heteroatoms. The van der Waals surface area contributed by atoms with Gasteiger partial charge < -0.3 is 5.73 Å². The number of aromatic nitrogens is 3. The number of nitrogen functional groups attached to an aromatic ring is 1. The van der Waals surface area contributed by atoms with E-state index in [0.717, 1.165) is 22.5 Å². The molecule has 0 saturated carbocycles. The van der Waals surface area contributed by atoms with Crippen molar-refractivity contribution >= 4 is 11.7 Å². The lowest BCUT2D eigenvalue weighted by Gasteiger charge is -2.24. The predicted molar refractivity (Wildman–Crippen MR) is 91.5 cm³/mol. The summed E-state index contributed by atoms with van der Waals surface area (Å²) in [5, 5.41) is 0. The second-order valence-corrected chi connectivity index (χ2v) is 5.92. The lowest BCUT2D eigenvalue weighted by Crippen LogP contribution is -2.21. The third-order valence-corrected chi connectivity index (χ3v) is 4.40. The molecule has 4 rings (SSSR count). The van der Waals surface area contributed by atoms with E-state index in [1.54, 1.807) is 12.4 Å². The van der Waals surface area contributed by atoms with E-state index >= 15 is 0 Å². The number of hydrogen-bond acceptors (Lipinski definition) is 5. The normalized spacial score (nSPS) is 16.7. The highest BCUT2D eigenvalue weighted by atomic mass is 16.1. The molecule has 5 nitrogen and oxygen atoms in total. The topological polar surface area (TPSA) is 81.8 Å². The molecule has 0 radical (unpaired) electrons. The molecule has 0 aliphatic heterocycles. The van der Waals surface area contributed by atoms with Gasteiger partial charge in [-0.25, -0.2) is 9.97 Å². The first-order valence-corrected chi connectivity index (χ1v) is 7.87. The molecule has 2 N–H and O–H groups in total. The van der Waals surface area contributed by atoms with Crippen molar-refractivity contribution < 1.29 is 4.79 Å². The Bertz CT molecular complexity index is 908. The van der Waals surface area contributed by atoms with Crippen LogP contribution >= 0.6 is 0 Å². The van der Waals surface area contributed by atoms with E-state index in [4.69, 9.17) is 5.73 Å². The standard InChI is InChI=1S/C19H16N4O/c20-19-22-11-15-17(23-19)9-12(10-18(15)24)13-5-1-2-6-14(13)16-7-3-4-8-21-16/h1-8,11-12H,9-10H2,(H2,20,22,23). The summed E-state index contributed by atoms with van der Waals surface area (Å²) in [4.78, 5) is 25.2. The molecule has 2 heterocycles. The van der Waals surface area contributed by atoms with Gasteiger partial charge in [-0.15, -0.1) is 0 Å². The zero-order chi connectivity index (χ0) is 16.5. The summed E-state index contributed by atoms with van der Waals surface area (Å²) < 4.78 is 0. The minimum atomic E-state index is 0.0667. The number of Topliss-reactive ketones (excluding diaryl/α,β-unsaturated/α-hetero) is 1. The van der Waals surface area contributed by atoms with Crippen molar-refractivity contribution in [3.05, 3.63) is 71.7 Å². The average molecular weight is 316 g/mol. The summed E-state index contributed by atoms with van der Waals surface area (Å²) in [5.41, 5.74) is 10.1. The van der Waals surface area contributed by atoms with Crippen LogP contribution in [0.4, 0.5) is 5.95 Å². The molecule has 24 heavy (non-hydrogen) atoms.